The van der Waals surface area contributed by atoms with Crippen LogP contribution in [0.2, 0.25) is 10.2 Å². The van der Waals surface area contributed by atoms with Gasteiger partial charge in [0.1, 0.15) is 16.6 Å². The molecule has 0 bridgehead atoms. The highest BCUT2D eigenvalue weighted by Gasteiger charge is 2.13. The van der Waals surface area contributed by atoms with E-state index in [9.17, 15) is 9.59 Å². The van der Waals surface area contributed by atoms with Crippen LogP contribution < -0.4 is 5.56 Å². The fraction of sp³-hybridized carbons (Fsp3) is 0.294. The molecule has 0 unspecified atom stereocenters. The van der Waals surface area contributed by atoms with Crippen LogP contribution in [0.5, 0.6) is 0 Å². The zero-order chi connectivity index (χ0) is 18.8. The summed E-state index contributed by atoms with van der Waals surface area (Å²) in [4.78, 5) is 34.6. The molecule has 0 aliphatic carbocycles. The molecule has 3 heterocycles. The average Bonchev–Trinajstić information content (AvgIpc) is 2.90. The first kappa shape index (κ1) is 18.8. The molecular weight excluding hydrogens is 397 g/mol. The Kier molecular flexibility index (Phi) is 5.60. The highest BCUT2D eigenvalue weighted by Crippen LogP contribution is 2.25. The number of hydrogen-bond donors (Lipinski definition) is 0. The monoisotopic (exact) mass is 411 g/mol. The summed E-state index contributed by atoms with van der Waals surface area (Å²) in [6.45, 7) is 3.97. The van der Waals surface area contributed by atoms with Crippen LogP contribution in [-0.4, -0.2) is 20.5 Å². The van der Waals surface area contributed by atoms with Gasteiger partial charge in [0.25, 0.3) is 5.56 Å². The van der Waals surface area contributed by atoms with Crippen LogP contribution in [0.1, 0.15) is 22.6 Å². The molecule has 0 aliphatic heterocycles. The van der Waals surface area contributed by atoms with Gasteiger partial charge in [-0.1, -0.05) is 23.2 Å². The predicted molar refractivity (Wildman–Crippen MR) is 102 cm³/mol. The van der Waals surface area contributed by atoms with Crippen LogP contribution in [-0.2, 0) is 22.7 Å². The van der Waals surface area contributed by atoms with Crippen LogP contribution in [0, 0.1) is 13.8 Å². The number of carbonyl (C=O) groups is 1. The van der Waals surface area contributed by atoms with Gasteiger partial charge in [-0.15, -0.1) is 11.3 Å². The van der Waals surface area contributed by atoms with Crippen molar-refractivity contribution >= 4 is 50.7 Å². The van der Waals surface area contributed by atoms with Crippen molar-refractivity contribution in [2.45, 2.75) is 33.4 Å². The van der Waals surface area contributed by atoms with Gasteiger partial charge >= 0.3 is 5.97 Å². The van der Waals surface area contributed by atoms with Crippen molar-refractivity contribution in [2.24, 2.45) is 0 Å². The maximum atomic E-state index is 12.6. The molecule has 0 saturated carbocycles. The number of halogens is 2. The smallest absolute Gasteiger partial charge is 0.307 e. The molecule has 3 aromatic heterocycles. The summed E-state index contributed by atoms with van der Waals surface area (Å²) >= 11 is 13.3. The van der Waals surface area contributed by atoms with E-state index in [1.165, 1.54) is 22.2 Å². The van der Waals surface area contributed by atoms with Crippen LogP contribution >= 0.6 is 34.5 Å². The lowest BCUT2D eigenvalue weighted by atomic mass is 10.2. The molecular formula is C17H15Cl2N3O3S. The molecule has 0 fully saturated rings. The second kappa shape index (κ2) is 7.73. The topological polar surface area (TPSA) is 74.1 Å². The van der Waals surface area contributed by atoms with E-state index in [1.807, 2.05) is 13.8 Å². The number of thiophene rings is 1. The molecule has 3 rings (SSSR count). The second-order valence-corrected chi connectivity index (χ2v) is 7.68. The van der Waals surface area contributed by atoms with Gasteiger partial charge in [0.2, 0.25) is 0 Å². The number of rotatable bonds is 5. The van der Waals surface area contributed by atoms with E-state index in [0.717, 1.165) is 10.4 Å². The third-order valence-electron chi connectivity index (χ3n) is 3.97. The zero-order valence-corrected chi connectivity index (χ0v) is 16.4. The van der Waals surface area contributed by atoms with Crippen LogP contribution in [0.15, 0.2) is 23.3 Å². The number of ether oxygens (including phenoxy) is 1. The van der Waals surface area contributed by atoms with E-state index in [1.54, 1.807) is 12.1 Å². The summed E-state index contributed by atoms with van der Waals surface area (Å²) in [6, 6.07) is 3.14. The summed E-state index contributed by atoms with van der Waals surface area (Å²) in [5, 5.41) is 1.25. The number of fused-ring (bicyclic) bond motifs is 1. The predicted octanol–water partition coefficient (Wildman–Crippen LogP) is 3.91. The van der Waals surface area contributed by atoms with Gasteiger partial charge in [0.15, 0.2) is 0 Å². The van der Waals surface area contributed by atoms with Gasteiger partial charge in [0, 0.05) is 11.4 Å². The first-order valence-electron chi connectivity index (χ1n) is 7.78. The zero-order valence-electron chi connectivity index (χ0n) is 14.1. The van der Waals surface area contributed by atoms with E-state index >= 15 is 0 Å². The highest BCUT2D eigenvalue weighted by atomic mass is 35.5. The van der Waals surface area contributed by atoms with Crippen LogP contribution in [0.25, 0.3) is 10.2 Å². The van der Waals surface area contributed by atoms with Crippen molar-refractivity contribution in [3.8, 4) is 0 Å². The maximum absolute atomic E-state index is 12.6. The average molecular weight is 412 g/mol. The lowest BCUT2D eigenvalue weighted by molar-refractivity contribution is -0.145. The number of esters is 1. The summed E-state index contributed by atoms with van der Waals surface area (Å²) in [5.74, 6) is -0.465. The molecule has 0 amide bonds. The van der Waals surface area contributed by atoms with Crippen molar-refractivity contribution < 1.29 is 9.53 Å². The summed E-state index contributed by atoms with van der Waals surface area (Å²) in [6.07, 6.45) is 1.50. The summed E-state index contributed by atoms with van der Waals surface area (Å²) in [7, 11) is 0. The first-order valence-corrected chi connectivity index (χ1v) is 9.35. The number of pyridine rings is 1. The van der Waals surface area contributed by atoms with Crippen molar-refractivity contribution in [3.63, 3.8) is 0 Å². The van der Waals surface area contributed by atoms with Crippen molar-refractivity contribution in [1.82, 2.24) is 14.5 Å². The SMILES string of the molecule is Cc1sc2ncn(CCC(=O)OCc3nc(Cl)ccc3Cl)c(=O)c2c1C. The molecule has 0 N–H and O–H groups in total. The van der Waals surface area contributed by atoms with E-state index < -0.39 is 5.97 Å². The van der Waals surface area contributed by atoms with Crippen LogP contribution in [0.4, 0.5) is 0 Å². The van der Waals surface area contributed by atoms with Gasteiger partial charge < -0.3 is 4.74 Å². The molecule has 6 nitrogen and oxygen atoms in total. The number of aromatic nitrogens is 3. The number of aryl methyl sites for hydroxylation is 3. The van der Waals surface area contributed by atoms with E-state index in [-0.39, 0.29) is 30.3 Å². The van der Waals surface area contributed by atoms with Crippen molar-refractivity contribution in [3.05, 3.63) is 55.1 Å². The Balaban J connectivity index is 1.65. The molecule has 9 heteroatoms. The first-order chi connectivity index (χ1) is 12.4. The molecule has 26 heavy (non-hydrogen) atoms. The Morgan fingerprint density at radius 2 is 2.08 bits per heavy atom. The standard InChI is InChI=1S/C17H15Cl2N3O3S/c1-9-10(2)26-16-15(9)17(24)22(8-20-16)6-5-14(23)25-7-12-11(18)3-4-13(19)21-12/h3-4,8H,5-7H2,1-2H3. The molecule has 0 aromatic carbocycles. The maximum Gasteiger partial charge on any atom is 0.307 e. The van der Waals surface area contributed by atoms with E-state index in [2.05, 4.69) is 9.97 Å². The van der Waals surface area contributed by atoms with Gasteiger partial charge in [-0.3, -0.25) is 14.2 Å². The fourth-order valence-corrected chi connectivity index (χ4v) is 3.73. The third-order valence-corrected chi connectivity index (χ3v) is 5.64. The van der Waals surface area contributed by atoms with Crippen molar-refractivity contribution in [2.75, 3.05) is 0 Å². The molecule has 0 spiro atoms. The normalized spacial score (nSPS) is 11.1. The highest BCUT2D eigenvalue weighted by molar-refractivity contribution is 7.18. The van der Waals surface area contributed by atoms with E-state index in [4.69, 9.17) is 27.9 Å². The Morgan fingerprint density at radius 3 is 2.85 bits per heavy atom. The van der Waals surface area contributed by atoms with Crippen LogP contribution in [0.3, 0.4) is 0 Å². The minimum Gasteiger partial charge on any atom is -0.459 e. The number of nitrogens with zero attached hydrogens (tertiary/aromatic N) is 3. The van der Waals surface area contributed by atoms with Gasteiger partial charge in [-0.25, -0.2) is 9.97 Å². The second-order valence-electron chi connectivity index (χ2n) is 5.68. The van der Waals surface area contributed by atoms with Gasteiger partial charge in [0.05, 0.1) is 28.9 Å². The molecule has 136 valence electrons. The van der Waals surface area contributed by atoms with Gasteiger partial charge in [-0.05, 0) is 31.5 Å². The third kappa shape index (κ3) is 3.90. The lowest BCUT2D eigenvalue weighted by Crippen LogP contribution is -2.22. The minimum atomic E-state index is -0.465. The summed E-state index contributed by atoms with van der Waals surface area (Å²) < 4.78 is 6.59. The largest absolute Gasteiger partial charge is 0.459 e. The lowest BCUT2D eigenvalue weighted by Gasteiger charge is -2.08. The number of carbonyl (C=O) groups excluding carboxylic acids is 1. The van der Waals surface area contributed by atoms with Gasteiger partial charge in [-0.2, -0.15) is 0 Å². The Hall–Kier alpha value is -1.96. The molecule has 0 atom stereocenters. The Bertz CT molecular complexity index is 1050. The molecule has 0 aliphatic rings. The molecule has 3 aromatic rings. The van der Waals surface area contributed by atoms with E-state index in [0.29, 0.717) is 20.9 Å². The van der Waals surface area contributed by atoms with Crippen molar-refractivity contribution in [1.29, 1.82) is 0 Å². The molecule has 0 saturated heterocycles. The quantitative estimate of drug-likeness (QED) is 0.469. The Labute approximate surface area is 163 Å². The Morgan fingerprint density at radius 1 is 1.31 bits per heavy atom. The fourth-order valence-electron chi connectivity index (χ4n) is 2.42. The summed E-state index contributed by atoms with van der Waals surface area (Å²) in [5.41, 5.74) is 1.17. The number of hydrogen-bond acceptors (Lipinski definition) is 6. The molecule has 0 radical (unpaired) electrons. The minimum absolute atomic E-state index is 0.0352.